The summed E-state index contributed by atoms with van der Waals surface area (Å²) in [5, 5.41) is 4.36. The largest absolute Gasteiger partial charge is 0.304 e. The molecule has 1 nitrogen and oxygen atoms in total. The molecule has 0 amide bonds. The van der Waals surface area contributed by atoms with E-state index in [1.54, 1.807) is 0 Å². The molecule has 0 aliphatic rings. The van der Waals surface area contributed by atoms with Crippen LogP contribution in [0.1, 0.15) is 37.1 Å². The maximum absolute atomic E-state index is 6.28. The molecule has 0 spiro atoms. The van der Waals surface area contributed by atoms with Crippen molar-refractivity contribution in [1.82, 2.24) is 5.32 Å². The molecule has 3 heteroatoms. The van der Waals surface area contributed by atoms with Crippen LogP contribution in [0.3, 0.4) is 0 Å². The highest BCUT2D eigenvalue weighted by atomic mass is 79.9. The van der Waals surface area contributed by atoms with E-state index in [2.05, 4.69) is 65.4 Å². The lowest BCUT2D eigenvalue weighted by atomic mass is 10.0. The number of halogens is 2. The quantitative estimate of drug-likeness (QED) is 0.774. The van der Waals surface area contributed by atoms with Crippen LogP contribution in [-0.4, -0.2) is 0 Å². The minimum Gasteiger partial charge on any atom is -0.304 e. The normalized spacial score (nSPS) is 14.1. The van der Waals surface area contributed by atoms with E-state index in [0.29, 0.717) is 0 Å². The highest BCUT2D eigenvalue weighted by molar-refractivity contribution is 9.10. The second kappa shape index (κ2) is 6.56. The van der Waals surface area contributed by atoms with Gasteiger partial charge in [0.25, 0.3) is 0 Å². The van der Waals surface area contributed by atoms with Crippen molar-refractivity contribution in [1.29, 1.82) is 0 Å². The molecule has 0 bridgehead atoms. The van der Waals surface area contributed by atoms with Gasteiger partial charge in [0.15, 0.2) is 0 Å². The summed E-state index contributed by atoms with van der Waals surface area (Å²) >= 11 is 9.71. The molecule has 2 aromatic carbocycles. The van der Waals surface area contributed by atoms with Crippen LogP contribution >= 0.6 is 27.5 Å². The van der Waals surface area contributed by atoms with Crippen LogP contribution in [0.25, 0.3) is 0 Å². The van der Waals surface area contributed by atoms with Crippen molar-refractivity contribution in [2.75, 3.05) is 0 Å². The molecule has 0 aliphatic carbocycles. The molecule has 0 aromatic heterocycles. The van der Waals surface area contributed by atoms with Gasteiger partial charge in [0.1, 0.15) is 0 Å². The first-order valence-corrected chi connectivity index (χ1v) is 7.51. The van der Waals surface area contributed by atoms with E-state index >= 15 is 0 Å². The van der Waals surface area contributed by atoms with Crippen molar-refractivity contribution in [3.8, 4) is 0 Å². The smallest absolute Gasteiger partial charge is 0.0464 e. The van der Waals surface area contributed by atoms with E-state index < -0.39 is 0 Å². The van der Waals surface area contributed by atoms with Gasteiger partial charge in [-0.3, -0.25) is 0 Å². The average molecular weight is 339 g/mol. The van der Waals surface area contributed by atoms with Crippen molar-refractivity contribution in [3.05, 3.63) is 69.2 Å². The molecule has 2 rings (SSSR count). The van der Waals surface area contributed by atoms with Crippen LogP contribution in [0.15, 0.2) is 53.0 Å². The summed E-state index contributed by atoms with van der Waals surface area (Å²) in [6.07, 6.45) is 0. The van der Waals surface area contributed by atoms with Crippen molar-refractivity contribution < 1.29 is 0 Å². The topological polar surface area (TPSA) is 12.0 Å². The molecule has 100 valence electrons. The second-order valence-corrected chi connectivity index (χ2v) is 6.01. The van der Waals surface area contributed by atoms with Crippen LogP contribution in [0.5, 0.6) is 0 Å². The monoisotopic (exact) mass is 337 g/mol. The third-order valence-electron chi connectivity index (χ3n) is 3.23. The molecule has 1 unspecified atom stereocenters. The van der Waals surface area contributed by atoms with Gasteiger partial charge in [0.2, 0.25) is 0 Å². The van der Waals surface area contributed by atoms with Crippen molar-refractivity contribution in [3.63, 3.8) is 0 Å². The third-order valence-corrected chi connectivity index (χ3v) is 4.05. The third kappa shape index (κ3) is 3.82. The molecule has 0 fully saturated rings. The van der Waals surface area contributed by atoms with Crippen molar-refractivity contribution in [2.45, 2.75) is 25.9 Å². The Morgan fingerprint density at radius 1 is 1.00 bits per heavy atom. The Hall–Kier alpha value is -0.830. The van der Waals surface area contributed by atoms with Gasteiger partial charge in [-0.05, 0) is 37.1 Å². The van der Waals surface area contributed by atoms with Gasteiger partial charge in [-0.25, -0.2) is 0 Å². The van der Waals surface area contributed by atoms with Gasteiger partial charge in [0.05, 0.1) is 0 Å². The lowest BCUT2D eigenvalue weighted by Gasteiger charge is -2.21. The van der Waals surface area contributed by atoms with Gasteiger partial charge in [-0.1, -0.05) is 63.9 Å². The van der Waals surface area contributed by atoms with Crippen LogP contribution in [0.4, 0.5) is 0 Å². The van der Waals surface area contributed by atoms with Crippen LogP contribution in [0, 0.1) is 0 Å². The lowest BCUT2D eigenvalue weighted by molar-refractivity contribution is 0.495. The Bertz CT molecular complexity index is 542. The Labute approximate surface area is 128 Å². The molecule has 0 saturated carbocycles. The van der Waals surface area contributed by atoms with Gasteiger partial charge < -0.3 is 5.32 Å². The number of rotatable bonds is 4. The molecule has 2 atom stereocenters. The summed E-state index contributed by atoms with van der Waals surface area (Å²) in [5.41, 5.74) is 2.40. The van der Waals surface area contributed by atoms with E-state index in [0.717, 1.165) is 15.1 Å². The second-order valence-electron chi connectivity index (χ2n) is 4.69. The van der Waals surface area contributed by atoms with E-state index in [9.17, 15) is 0 Å². The fourth-order valence-corrected chi connectivity index (χ4v) is 2.99. The SMILES string of the molecule is CC(N[C@@H](C)c1ccccc1)c1ccc(Br)cc1Cl. The Morgan fingerprint density at radius 3 is 2.32 bits per heavy atom. The minimum atomic E-state index is 0.204. The maximum atomic E-state index is 6.28. The van der Waals surface area contributed by atoms with Gasteiger partial charge in [0, 0.05) is 21.6 Å². The molecule has 0 aliphatic heterocycles. The summed E-state index contributed by atoms with van der Waals surface area (Å²) in [6, 6.07) is 16.9. The maximum Gasteiger partial charge on any atom is 0.0464 e. The van der Waals surface area contributed by atoms with Crippen LogP contribution in [-0.2, 0) is 0 Å². The highest BCUT2D eigenvalue weighted by Crippen LogP contribution is 2.28. The molecule has 0 heterocycles. The molecule has 1 N–H and O–H groups in total. The molecule has 19 heavy (non-hydrogen) atoms. The summed E-state index contributed by atoms with van der Waals surface area (Å²) in [5.74, 6) is 0. The number of benzene rings is 2. The first-order valence-electron chi connectivity index (χ1n) is 6.34. The first kappa shape index (κ1) is 14.6. The lowest BCUT2D eigenvalue weighted by Crippen LogP contribution is -2.22. The number of hydrogen-bond acceptors (Lipinski definition) is 1. The van der Waals surface area contributed by atoms with Crippen molar-refractivity contribution >= 4 is 27.5 Å². The summed E-state index contributed by atoms with van der Waals surface area (Å²) in [7, 11) is 0. The molecule has 0 radical (unpaired) electrons. The standard InChI is InChI=1S/C16H17BrClN/c1-11(13-6-4-3-5-7-13)19-12(2)15-9-8-14(17)10-16(15)18/h3-12,19H,1-2H3/t11-,12?/m0/s1. The predicted molar refractivity (Wildman–Crippen MR) is 85.6 cm³/mol. The average Bonchev–Trinajstić information content (AvgIpc) is 2.39. The zero-order chi connectivity index (χ0) is 13.8. The summed E-state index contributed by atoms with van der Waals surface area (Å²) in [4.78, 5) is 0. The van der Waals surface area contributed by atoms with Crippen LogP contribution < -0.4 is 5.32 Å². The Kier molecular flexibility index (Phi) is 5.03. The van der Waals surface area contributed by atoms with Crippen molar-refractivity contribution in [2.24, 2.45) is 0 Å². The predicted octanol–water partition coefficient (Wildman–Crippen LogP) is 5.51. The molecular formula is C16H17BrClN. The number of nitrogens with one attached hydrogen (secondary N) is 1. The van der Waals surface area contributed by atoms with Gasteiger partial charge in [-0.15, -0.1) is 0 Å². The van der Waals surface area contributed by atoms with Gasteiger partial charge >= 0.3 is 0 Å². The van der Waals surface area contributed by atoms with Crippen LogP contribution in [0.2, 0.25) is 5.02 Å². The molecule has 0 saturated heterocycles. The van der Waals surface area contributed by atoms with Gasteiger partial charge in [-0.2, -0.15) is 0 Å². The van der Waals surface area contributed by atoms with E-state index in [1.165, 1.54) is 5.56 Å². The zero-order valence-corrected chi connectivity index (χ0v) is 13.4. The Morgan fingerprint density at radius 2 is 1.68 bits per heavy atom. The van der Waals surface area contributed by atoms with E-state index in [1.807, 2.05) is 18.2 Å². The fraction of sp³-hybridized carbons (Fsp3) is 0.250. The number of hydrogen-bond donors (Lipinski definition) is 1. The minimum absolute atomic E-state index is 0.204. The van der Waals surface area contributed by atoms with E-state index in [-0.39, 0.29) is 12.1 Å². The highest BCUT2D eigenvalue weighted by Gasteiger charge is 2.13. The molecular weight excluding hydrogens is 322 g/mol. The first-order chi connectivity index (χ1) is 9.08. The zero-order valence-electron chi connectivity index (χ0n) is 11.0. The summed E-state index contributed by atoms with van der Waals surface area (Å²) < 4.78 is 1.00. The fourth-order valence-electron chi connectivity index (χ4n) is 2.16. The van der Waals surface area contributed by atoms with E-state index in [4.69, 9.17) is 11.6 Å². The Balaban J connectivity index is 2.10. The summed E-state index contributed by atoms with van der Waals surface area (Å²) in [6.45, 7) is 4.30. The molecule has 2 aromatic rings.